The van der Waals surface area contributed by atoms with Crippen LogP contribution in [0.25, 0.3) is 5.65 Å². The number of ether oxygens (including phenoxy) is 1. The summed E-state index contributed by atoms with van der Waals surface area (Å²) >= 11 is 0. The van der Waals surface area contributed by atoms with Gasteiger partial charge in [-0.2, -0.15) is 0 Å². The highest BCUT2D eigenvalue weighted by Crippen LogP contribution is 2.39. The van der Waals surface area contributed by atoms with E-state index in [9.17, 15) is 9.59 Å². The van der Waals surface area contributed by atoms with Gasteiger partial charge in [0.2, 0.25) is 11.7 Å². The van der Waals surface area contributed by atoms with Gasteiger partial charge in [0.1, 0.15) is 5.65 Å². The van der Waals surface area contributed by atoms with Crippen molar-refractivity contribution in [1.29, 1.82) is 0 Å². The predicted octanol–water partition coefficient (Wildman–Crippen LogP) is 0.706. The molecular weight excluding hydrogens is 310 g/mol. The summed E-state index contributed by atoms with van der Waals surface area (Å²) in [5.41, 5.74) is 10.3. The topological polar surface area (TPSA) is 111 Å². The fourth-order valence-electron chi connectivity index (χ4n) is 2.38. The quantitative estimate of drug-likeness (QED) is 0.363. The molecule has 2 aromatic rings. The van der Waals surface area contributed by atoms with Crippen molar-refractivity contribution in [1.82, 2.24) is 14.8 Å². The van der Waals surface area contributed by atoms with Crippen molar-refractivity contribution in [3.8, 4) is 0 Å². The van der Waals surface area contributed by atoms with Crippen molar-refractivity contribution in [2.45, 2.75) is 32.1 Å². The number of amidine groups is 1. The van der Waals surface area contributed by atoms with E-state index in [1.54, 1.807) is 6.92 Å². The molecule has 1 amide bonds. The molecule has 2 aromatic heterocycles. The van der Waals surface area contributed by atoms with E-state index >= 15 is 0 Å². The first-order chi connectivity index (χ1) is 11.6. The Bertz CT molecular complexity index is 807. The van der Waals surface area contributed by atoms with E-state index < -0.39 is 17.7 Å². The lowest BCUT2D eigenvalue weighted by molar-refractivity contribution is -0.135. The van der Waals surface area contributed by atoms with Crippen LogP contribution in [0.2, 0.25) is 0 Å². The summed E-state index contributed by atoms with van der Waals surface area (Å²) in [5, 5.41) is 3.52. The molecule has 1 saturated carbocycles. The molecule has 0 spiro atoms. The van der Waals surface area contributed by atoms with E-state index in [2.05, 4.69) is 32.5 Å². The van der Waals surface area contributed by atoms with Crippen LogP contribution >= 0.6 is 0 Å². The third-order valence-corrected chi connectivity index (χ3v) is 3.70. The van der Waals surface area contributed by atoms with Crippen molar-refractivity contribution in [2.75, 3.05) is 6.61 Å². The van der Waals surface area contributed by atoms with Gasteiger partial charge in [0.15, 0.2) is 0 Å². The number of hydrazone groups is 1. The molecule has 126 valence electrons. The fraction of sp³-hybridized carbons (Fsp3) is 0.375. The number of esters is 1. The number of fused-ring (bicyclic) bond motifs is 1. The fourth-order valence-corrected chi connectivity index (χ4v) is 2.38. The summed E-state index contributed by atoms with van der Waals surface area (Å²) in [4.78, 5) is 27.6. The summed E-state index contributed by atoms with van der Waals surface area (Å²) < 4.78 is 6.59. The zero-order valence-electron chi connectivity index (χ0n) is 13.4. The van der Waals surface area contributed by atoms with E-state index in [0.717, 1.165) is 5.65 Å². The number of rotatable bonds is 5. The van der Waals surface area contributed by atoms with E-state index in [-0.39, 0.29) is 13.0 Å². The molecule has 1 aliphatic rings. The highest BCUT2D eigenvalue weighted by atomic mass is 16.5. The summed E-state index contributed by atoms with van der Waals surface area (Å²) in [6.45, 7) is 1.84. The Morgan fingerprint density at radius 1 is 1.42 bits per heavy atom. The standard InChI is InChI=1S/C16H19N5O3/c1-2-24-16(23)15(17)20-19-14(22)7-12-9-21-8-11(10-3-4-10)5-6-13(21)18-12/h5-6,8-10H,2-4,7H2,1H3,(H2,17,20)(H,19,22). The number of hydrogen-bond acceptors (Lipinski definition) is 5. The number of imidazole rings is 1. The molecule has 1 fully saturated rings. The van der Waals surface area contributed by atoms with Crippen LogP contribution in [0.1, 0.15) is 36.9 Å². The molecule has 2 heterocycles. The molecule has 0 aliphatic heterocycles. The SMILES string of the molecule is CCOC(=O)C(N)=NNC(=O)Cc1cn2cc(C3CC3)ccc2n1. The van der Waals surface area contributed by atoms with Crippen LogP contribution in [0.3, 0.4) is 0 Å². The molecule has 3 N–H and O–H groups in total. The second-order valence-electron chi connectivity index (χ2n) is 5.66. The van der Waals surface area contributed by atoms with Crippen molar-refractivity contribution in [3.63, 3.8) is 0 Å². The minimum atomic E-state index is -0.766. The number of nitrogens with two attached hydrogens (primary N) is 1. The van der Waals surface area contributed by atoms with Crippen molar-refractivity contribution < 1.29 is 14.3 Å². The molecule has 0 atom stereocenters. The third-order valence-electron chi connectivity index (χ3n) is 3.70. The number of amides is 1. The van der Waals surface area contributed by atoms with Gasteiger partial charge in [-0.3, -0.25) is 4.79 Å². The first kappa shape index (κ1) is 16.0. The van der Waals surface area contributed by atoms with Gasteiger partial charge in [0.25, 0.3) is 0 Å². The Morgan fingerprint density at radius 2 is 2.21 bits per heavy atom. The number of carbonyl (C=O) groups excluding carboxylic acids is 2. The normalized spacial score (nSPS) is 14.6. The number of nitrogens with zero attached hydrogens (tertiary/aromatic N) is 3. The molecule has 3 rings (SSSR count). The van der Waals surface area contributed by atoms with Crippen LogP contribution < -0.4 is 11.2 Å². The number of carbonyl (C=O) groups is 2. The second kappa shape index (κ2) is 6.69. The highest BCUT2D eigenvalue weighted by molar-refractivity contribution is 6.34. The minimum absolute atomic E-state index is 0.0417. The molecule has 24 heavy (non-hydrogen) atoms. The monoisotopic (exact) mass is 329 g/mol. The van der Waals surface area contributed by atoms with Crippen LogP contribution in [0.5, 0.6) is 0 Å². The molecule has 0 aromatic carbocycles. The van der Waals surface area contributed by atoms with Crippen LogP contribution in [0.4, 0.5) is 0 Å². The summed E-state index contributed by atoms with van der Waals surface area (Å²) in [7, 11) is 0. The number of hydrogen-bond donors (Lipinski definition) is 2. The number of aromatic nitrogens is 2. The van der Waals surface area contributed by atoms with Crippen LogP contribution in [-0.2, 0) is 20.7 Å². The van der Waals surface area contributed by atoms with Gasteiger partial charge in [0, 0.05) is 12.4 Å². The Hall–Kier alpha value is -2.90. The maximum Gasteiger partial charge on any atom is 0.375 e. The molecule has 0 unspecified atom stereocenters. The van der Waals surface area contributed by atoms with Gasteiger partial charge in [-0.25, -0.2) is 15.2 Å². The lowest BCUT2D eigenvalue weighted by Gasteiger charge is -2.01. The summed E-state index contributed by atoms with van der Waals surface area (Å²) in [6.07, 6.45) is 6.38. The first-order valence-corrected chi connectivity index (χ1v) is 7.83. The van der Waals surface area contributed by atoms with Crippen LogP contribution in [-0.4, -0.2) is 33.7 Å². The Balaban J connectivity index is 1.62. The smallest absolute Gasteiger partial charge is 0.375 e. The Morgan fingerprint density at radius 3 is 2.92 bits per heavy atom. The third kappa shape index (κ3) is 3.70. The number of nitrogens with one attached hydrogen (secondary N) is 1. The summed E-state index contributed by atoms with van der Waals surface area (Å²) in [6, 6.07) is 4.03. The van der Waals surface area contributed by atoms with Gasteiger partial charge >= 0.3 is 5.97 Å². The summed E-state index contributed by atoms with van der Waals surface area (Å²) in [5.74, 6) is -0.913. The lowest BCUT2D eigenvalue weighted by atomic mass is 10.2. The molecule has 8 nitrogen and oxygen atoms in total. The highest BCUT2D eigenvalue weighted by Gasteiger charge is 2.23. The maximum atomic E-state index is 11.9. The molecule has 8 heteroatoms. The largest absolute Gasteiger partial charge is 0.460 e. The molecule has 0 saturated heterocycles. The number of pyridine rings is 1. The average Bonchev–Trinajstić information content (AvgIpc) is 3.33. The first-order valence-electron chi connectivity index (χ1n) is 7.83. The van der Waals surface area contributed by atoms with Gasteiger partial charge in [0.05, 0.1) is 18.7 Å². The van der Waals surface area contributed by atoms with Gasteiger partial charge in [-0.05, 0) is 37.3 Å². The minimum Gasteiger partial charge on any atom is -0.460 e. The Kier molecular flexibility index (Phi) is 4.45. The van der Waals surface area contributed by atoms with Crippen LogP contribution in [0, 0.1) is 0 Å². The van der Waals surface area contributed by atoms with E-state index in [1.165, 1.54) is 18.4 Å². The Labute approximate surface area is 138 Å². The van der Waals surface area contributed by atoms with Crippen LogP contribution in [0.15, 0.2) is 29.6 Å². The molecule has 1 aliphatic carbocycles. The zero-order chi connectivity index (χ0) is 17.1. The van der Waals surface area contributed by atoms with E-state index in [0.29, 0.717) is 11.6 Å². The lowest BCUT2D eigenvalue weighted by Crippen LogP contribution is -2.31. The second-order valence-corrected chi connectivity index (χ2v) is 5.66. The molecule has 0 bridgehead atoms. The van der Waals surface area contributed by atoms with Crippen molar-refractivity contribution in [2.24, 2.45) is 10.8 Å². The zero-order valence-corrected chi connectivity index (χ0v) is 13.4. The molecular formula is C16H19N5O3. The van der Waals surface area contributed by atoms with Gasteiger partial charge < -0.3 is 14.9 Å². The van der Waals surface area contributed by atoms with Gasteiger partial charge in [-0.1, -0.05) is 6.07 Å². The predicted molar refractivity (Wildman–Crippen MR) is 87.3 cm³/mol. The molecule has 0 radical (unpaired) electrons. The van der Waals surface area contributed by atoms with Gasteiger partial charge in [-0.15, -0.1) is 5.10 Å². The van der Waals surface area contributed by atoms with E-state index in [1.807, 2.05) is 16.7 Å². The van der Waals surface area contributed by atoms with Crippen molar-refractivity contribution >= 4 is 23.4 Å². The van der Waals surface area contributed by atoms with E-state index in [4.69, 9.17) is 5.73 Å². The maximum absolute atomic E-state index is 11.9. The average molecular weight is 329 g/mol. The van der Waals surface area contributed by atoms with Crippen molar-refractivity contribution in [3.05, 3.63) is 35.8 Å².